The largest absolute Gasteiger partial charge is 0.497 e. The molecule has 1 amide bonds. The molecular formula is C42H46N8O7. The van der Waals surface area contributed by atoms with Gasteiger partial charge in [0.25, 0.3) is 5.91 Å². The van der Waals surface area contributed by atoms with Crippen molar-refractivity contribution in [2.75, 3.05) is 76.4 Å². The molecule has 8 rings (SSSR count). The number of hydrogen-bond acceptors (Lipinski definition) is 13. The molecule has 2 aliphatic rings. The van der Waals surface area contributed by atoms with E-state index in [9.17, 15) is 9.59 Å². The van der Waals surface area contributed by atoms with E-state index in [0.717, 1.165) is 62.0 Å². The molecule has 0 aliphatic carbocycles. The second-order valence-corrected chi connectivity index (χ2v) is 13.2. The molecule has 4 aromatic carbocycles. The second-order valence-electron chi connectivity index (χ2n) is 13.2. The van der Waals surface area contributed by atoms with Crippen LogP contribution in [0.3, 0.4) is 0 Å². The van der Waals surface area contributed by atoms with Crippen LogP contribution in [0.2, 0.25) is 0 Å². The molecule has 15 heteroatoms. The summed E-state index contributed by atoms with van der Waals surface area (Å²) in [4.78, 5) is 38.5. The molecule has 2 fully saturated rings. The molecule has 0 saturated carbocycles. The highest BCUT2D eigenvalue weighted by Crippen LogP contribution is 2.24. The van der Waals surface area contributed by atoms with Gasteiger partial charge in [-0.2, -0.15) is 9.97 Å². The Morgan fingerprint density at radius 2 is 1.11 bits per heavy atom. The van der Waals surface area contributed by atoms with Crippen LogP contribution in [-0.4, -0.2) is 109 Å². The van der Waals surface area contributed by atoms with Gasteiger partial charge in [0.05, 0.1) is 19.8 Å². The van der Waals surface area contributed by atoms with Gasteiger partial charge in [-0.15, -0.1) is 0 Å². The predicted octanol–water partition coefficient (Wildman–Crippen LogP) is 5.86. The number of carboxylic acid groups (broad SMARTS) is 1. The number of nitrogens with zero attached hydrogens (tertiary/aromatic N) is 7. The Hall–Kier alpha value is -6.74. The summed E-state index contributed by atoms with van der Waals surface area (Å²) in [7, 11) is 3.37. The van der Waals surface area contributed by atoms with Crippen molar-refractivity contribution in [3.8, 4) is 34.3 Å². The fraction of sp³-hybridized carbons (Fsp3) is 0.286. The molecule has 0 atom stereocenters. The van der Waals surface area contributed by atoms with E-state index in [1.165, 1.54) is 17.8 Å². The van der Waals surface area contributed by atoms with E-state index in [1.807, 2.05) is 59.5 Å². The summed E-state index contributed by atoms with van der Waals surface area (Å²) < 4.78 is 20.4. The minimum absolute atomic E-state index is 0.0207. The zero-order valence-electron chi connectivity index (χ0n) is 32.4. The maximum Gasteiger partial charge on any atom is 0.335 e. The fourth-order valence-corrected chi connectivity index (χ4v) is 6.30. The number of carbonyl (C=O) groups is 2. The number of aromatic nitrogens is 4. The van der Waals surface area contributed by atoms with Crippen LogP contribution < -0.4 is 24.6 Å². The van der Waals surface area contributed by atoms with Crippen LogP contribution in [0.15, 0.2) is 106 Å². The molecule has 57 heavy (non-hydrogen) atoms. The van der Waals surface area contributed by atoms with Crippen LogP contribution in [0.5, 0.6) is 11.5 Å². The summed E-state index contributed by atoms with van der Waals surface area (Å²) in [6.07, 6.45) is 0. The predicted molar refractivity (Wildman–Crippen MR) is 215 cm³/mol. The molecule has 2 N–H and O–H groups in total. The fourth-order valence-electron chi connectivity index (χ4n) is 6.30. The number of methoxy groups -OCH3 is 2. The third-order valence-corrected chi connectivity index (χ3v) is 9.31. The average molecular weight is 775 g/mol. The lowest BCUT2D eigenvalue weighted by Crippen LogP contribution is -2.48. The first-order valence-corrected chi connectivity index (χ1v) is 18.5. The minimum Gasteiger partial charge on any atom is -0.497 e. The van der Waals surface area contributed by atoms with Crippen molar-refractivity contribution in [2.24, 2.45) is 0 Å². The lowest BCUT2D eigenvalue weighted by molar-refractivity contribution is 0.0695. The molecule has 0 spiro atoms. The summed E-state index contributed by atoms with van der Waals surface area (Å²) in [5.41, 5.74) is 4.61. The number of rotatable bonds is 8. The van der Waals surface area contributed by atoms with Crippen LogP contribution >= 0.6 is 0 Å². The lowest BCUT2D eigenvalue weighted by atomic mass is 10.1. The first kappa shape index (κ1) is 39.9. The molecular weight excluding hydrogens is 729 g/mol. The minimum atomic E-state index is -0.975. The Bertz CT molecular complexity index is 2240. The van der Waals surface area contributed by atoms with Crippen molar-refractivity contribution in [3.05, 3.63) is 120 Å². The summed E-state index contributed by atoms with van der Waals surface area (Å²) in [5, 5.41) is 19.8. The third-order valence-electron chi connectivity index (χ3n) is 9.31. The number of piperazine rings is 2. The molecule has 0 unspecified atom stereocenters. The highest BCUT2D eigenvalue weighted by Gasteiger charge is 2.23. The number of nitrogens with one attached hydrogen (secondary N) is 1. The van der Waals surface area contributed by atoms with E-state index >= 15 is 0 Å². The zero-order valence-corrected chi connectivity index (χ0v) is 32.4. The topological polar surface area (TPSA) is 172 Å². The van der Waals surface area contributed by atoms with Crippen molar-refractivity contribution in [2.45, 2.75) is 13.8 Å². The molecule has 2 aromatic heterocycles. The van der Waals surface area contributed by atoms with Crippen molar-refractivity contribution in [1.82, 2.24) is 30.5 Å². The lowest BCUT2D eigenvalue weighted by Gasteiger charge is -2.36. The zero-order chi connectivity index (χ0) is 40.1. The van der Waals surface area contributed by atoms with E-state index in [2.05, 4.69) is 53.6 Å². The smallest absolute Gasteiger partial charge is 0.335 e. The van der Waals surface area contributed by atoms with E-state index < -0.39 is 5.97 Å². The molecule has 296 valence electrons. The van der Waals surface area contributed by atoms with Gasteiger partial charge in [-0.25, -0.2) is 4.79 Å². The first-order chi connectivity index (χ1) is 27.7. The summed E-state index contributed by atoms with van der Waals surface area (Å²) in [5.74, 6) is 2.66. The third kappa shape index (κ3) is 10.7. The number of aryl methyl sites for hydroxylation is 2. The monoisotopic (exact) mass is 774 g/mol. The number of anilines is 2. The van der Waals surface area contributed by atoms with E-state index in [0.29, 0.717) is 47.6 Å². The number of hydrogen-bond donors (Lipinski definition) is 2. The van der Waals surface area contributed by atoms with Crippen molar-refractivity contribution in [1.29, 1.82) is 0 Å². The SMILES string of the molecule is COc1cccc(N2CCN(C(=O)c3cccc(-c4noc(C)n4)c3)CC2)c1.COc1cccc(N2CCNCC2)c1.Cc1nc(-c2cccc(C(=O)O)c2)no1. The number of benzene rings is 4. The van der Waals surface area contributed by atoms with Gasteiger partial charge in [-0.05, 0) is 48.5 Å². The maximum atomic E-state index is 13.0. The van der Waals surface area contributed by atoms with Gasteiger partial charge in [-0.3, -0.25) is 4.79 Å². The number of amides is 1. The summed E-state index contributed by atoms with van der Waals surface area (Å²) in [6.45, 7) is 10.6. The van der Waals surface area contributed by atoms with Crippen LogP contribution in [0.25, 0.3) is 22.8 Å². The number of aromatic carboxylic acids is 1. The quantitative estimate of drug-likeness (QED) is 0.188. The van der Waals surface area contributed by atoms with Crippen LogP contribution in [-0.2, 0) is 0 Å². The standard InChI is InChI=1S/C21H22N4O3.C11H16N2O.C10H8N2O3/c1-15-22-20(23-28-15)16-5-3-6-17(13-16)21(26)25-11-9-24(10-12-25)18-7-4-8-19(14-18)27-2;1-14-11-4-2-3-10(9-11)13-7-5-12-6-8-13;1-6-11-9(12-15-6)7-3-2-4-8(5-7)10(13)14/h3-8,13-14H,9-12H2,1-2H3;2-4,9,12H,5-8H2,1H3;2-5H,1H3,(H,13,14). The van der Waals surface area contributed by atoms with Gasteiger partial charge in [0.2, 0.25) is 23.4 Å². The van der Waals surface area contributed by atoms with E-state index in [4.69, 9.17) is 23.6 Å². The number of ether oxygens (including phenoxy) is 2. The molecule has 0 bridgehead atoms. The van der Waals surface area contributed by atoms with Crippen molar-refractivity contribution in [3.63, 3.8) is 0 Å². The Morgan fingerprint density at radius 1 is 0.632 bits per heavy atom. The molecule has 6 aromatic rings. The van der Waals surface area contributed by atoms with E-state index in [1.54, 1.807) is 40.2 Å². The van der Waals surface area contributed by atoms with Gasteiger partial charge < -0.3 is 43.6 Å². The van der Waals surface area contributed by atoms with Crippen LogP contribution in [0.1, 0.15) is 32.5 Å². The maximum absolute atomic E-state index is 13.0. The van der Waals surface area contributed by atoms with Crippen molar-refractivity contribution < 1.29 is 33.2 Å². The van der Waals surface area contributed by atoms with Crippen LogP contribution in [0.4, 0.5) is 11.4 Å². The Kier molecular flexibility index (Phi) is 13.5. The summed E-state index contributed by atoms with van der Waals surface area (Å²) in [6, 6.07) is 30.0. The van der Waals surface area contributed by atoms with Gasteiger partial charge in [0, 0.05) is 106 Å². The molecule has 2 aliphatic heterocycles. The molecule has 0 radical (unpaired) electrons. The highest BCUT2D eigenvalue weighted by atomic mass is 16.5. The Morgan fingerprint density at radius 3 is 1.58 bits per heavy atom. The second kappa shape index (κ2) is 19.2. The number of carboxylic acids is 1. The van der Waals surface area contributed by atoms with Gasteiger partial charge in [-0.1, -0.05) is 46.7 Å². The molecule has 4 heterocycles. The van der Waals surface area contributed by atoms with Gasteiger partial charge in [0.15, 0.2) is 0 Å². The molecule has 15 nitrogen and oxygen atoms in total. The Balaban J connectivity index is 0.000000159. The normalized spacial score (nSPS) is 13.8. The first-order valence-electron chi connectivity index (χ1n) is 18.5. The van der Waals surface area contributed by atoms with Crippen molar-refractivity contribution >= 4 is 23.3 Å². The van der Waals surface area contributed by atoms with E-state index in [-0.39, 0.29) is 11.5 Å². The van der Waals surface area contributed by atoms with Gasteiger partial charge >= 0.3 is 5.97 Å². The number of carbonyl (C=O) groups excluding carboxylic acids is 1. The summed E-state index contributed by atoms with van der Waals surface area (Å²) >= 11 is 0. The highest BCUT2D eigenvalue weighted by molar-refractivity contribution is 5.95. The van der Waals surface area contributed by atoms with Crippen LogP contribution in [0, 0.1) is 13.8 Å². The Labute approximate surface area is 330 Å². The van der Waals surface area contributed by atoms with Gasteiger partial charge in [0.1, 0.15) is 11.5 Å². The molecule has 2 saturated heterocycles. The average Bonchev–Trinajstić information content (AvgIpc) is 3.92.